The zero-order chi connectivity index (χ0) is 18.7. The number of carbonyl (C=O) groups excluding carboxylic acids is 2. The van der Waals surface area contributed by atoms with Crippen molar-refractivity contribution in [2.45, 2.75) is 96.7 Å². The van der Waals surface area contributed by atoms with Crippen LogP contribution in [0.2, 0.25) is 0 Å². The van der Waals surface area contributed by atoms with Crippen LogP contribution in [0.4, 0.5) is 0 Å². The van der Waals surface area contributed by atoms with Crippen LogP contribution in [0, 0.1) is 11.8 Å². The smallest absolute Gasteiger partial charge is 0.307 e. The summed E-state index contributed by atoms with van der Waals surface area (Å²) in [4.78, 5) is 23.3. The second-order valence-electron chi connectivity index (χ2n) is 8.96. The summed E-state index contributed by atoms with van der Waals surface area (Å²) in [6.45, 7) is 9.85. The van der Waals surface area contributed by atoms with E-state index < -0.39 is 5.60 Å². The van der Waals surface area contributed by atoms with Gasteiger partial charge in [0.05, 0.1) is 13.0 Å². The fraction of sp³-hybridized carbons (Fsp3) is 0.900. The van der Waals surface area contributed by atoms with Gasteiger partial charge in [-0.3, -0.25) is 9.59 Å². The Morgan fingerprint density at radius 2 is 1.84 bits per heavy atom. The third-order valence-electron chi connectivity index (χ3n) is 5.58. The first-order valence-electron chi connectivity index (χ1n) is 9.74. The molecule has 5 heteroatoms. The molecule has 2 aliphatic rings. The van der Waals surface area contributed by atoms with Crippen molar-refractivity contribution in [1.82, 2.24) is 5.32 Å². The van der Waals surface area contributed by atoms with Gasteiger partial charge >= 0.3 is 11.9 Å². The first kappa shape index (κ1) is 20.2. The number of esters is 2. The largest absolute Gasteiger partial charge is 0.466 e. The maximum atomic E-state index is 12.2. The molecule has 0 aromatic heterocycles. The molecule has 0 aromatic carbocycles. The number of nitrogens with one attached hydrogen (secondary N) is 1. The molecule has 1 saturated heterocycles. The fourth-order valence-electron chi connectivity index (χ4n) is 4.74. The molecule has 1 spiro atoms. The van der Waals surface area contributed by atoms with Gasteiger partial charge in [0.25, 0.3) is 0 Å². The number of hydrogen-bond donors (Lipinski definition) is 1. The van der Waals surface area contributed by atoms with E-state index >= 15 is 0 Å². The molecular weight excluding hydrogens is 318 g/mol. The van der Waals surface area contributed by atoms with Crippen LogP contribution in [-0.4, -0.2) is 35.7 Å². The SMILES string of the molecule is CC(=O)OC[C@H](C)[C@H]1CCC[C@]12CCC[C@H](CC(=O)OC(C)(C)C)N2. The van der Waals surface area contributed by atoms with E-state index in [9.17, 15) is 9.59 Å². The van der Waals surface area contributed by atoms with Crippen molar-refractivity contribution in [3.63, 3.8) is 0 Å². The molecule has 0 amide bonds. The lowest BCUT2D eigenvalue weighted by Gasteiger charge is -2.46. The lowest BCUT2D eigenvalue weighted by Crippen LogP contribution is -2.57. The Labute approximate surface area is 152 Å². The second kappa shape index (κ2) is 8.07. The summed E-state index contributed by atoms with van der Waals surface area (Å²) in [6.07, 6.45) is 7.24. The molecule has 1 aliphatic carbocycles. The summed E-state index contributed by atoms with van der Waals surface area (Å²) in [5, 5.41) is 3.82. The lowest BCUT2D eigenvalue weighted by atomic mass is 9.73. The first-order chi connectivity index (χ1) is 11.6. The summed E-state index contributed by atoms with van der Waals surface area (Å²) >= 11 is 0. The highest BCUT2D eigenvalue weighted by Gasteiger charge is 2.47. The maximum Gasteiger partial charge on any atom is 0.307 e. The zero-order valence-corrected chi connectivity index (χ0v) is 16.5. The number of hydrogen-bond acceptors (Lipinski definition) is 5. The Kier molecular flexibility index (Phi) is 6.52. The monoisotopic (exact) mass is 353 g/mol. The van der Waals surface area contributed by atoms with Crippen molar-refractivity contribution in [1.29, 1.82) is 0 Å². The molecule has 1 heterocycles. The summed E-state index contributed by atoms with van der Waals surface area (Å²) in [5.41, 5.74) is -0.345. The van der Waals surface area contributed by atoms with Crippen LogP contribution in [-0.2, 0) is 19.1 Å². The van der Waals surface area contributed by atoms with Gasteiger partial charge in [-0.2, -0.15) is 0 Å². The van der Waals surface area contributed by atoms with Crippen LogP contribution >= 0.6 is 0 Å². The minimum absolute atomic E-state index is 0.0878. The minimum Gasteiger partial charge on any atom is -0.466 e. The number of rotatable bonds is 5. The van der Waals surface area contributed by atoms with Gasteiger partial charge in [0.1, 0.15) is 5.60 Å². The topological polar surface area (TPSA) is 64.6 Å². The summed E-state index contributed by atoms with van der Waals surface area (Å²) in [6, 6.07) is 0.185. The standard InChI is InChI=1S/C20H35NO4/c1-14(13-24-15(2)22)17-9-7-11-20(17)10-6-8-16(21-20)12-18(23)25-19(3,4)5/h14,16-17,21H,6-13H2,1-5H3/t14-,16+,17+,20+/m0/s1. The number of carbonyl (C=O) groups is 2. The molecule has 1 aliphatic heterocycles. The molecule has 0 unspecified atom stereocenters. The quantitative estimate of drug-likeness (QED) is 0.765. The summed E-state index contributed by atoms with van der Waals surface area (Å²) in [5.74, 6) is 0.496. The van der Waals surface area contributed by atoms with E-state index in [-0.39, 0.29) is 23.5 Å². The van der Waals surface area contributed by atoms with Gasteiger partial charge < -0.3 is 14.8 Å². The molecule has 25 heavy (non-hydrogen) atoms. The minimum atomic E-state index is -0.433. The summed E-state index contributed by atoms with van der Waals surface area (Å²) < 4.78 is 10.7. The van der Waals surface area contributed by atoms with Crippen molar-refractivity contribution < 1.29 is 19.1 Å². The van der Waals surface area contributed by atoms with Gasteiger partial charge in [-0.1, -0.05) is 19.8 Å². The lowest BCUT2D eigenvalue weighted by molar-refractivity contribution is -0.156. The van der Waals surface area contributed by atoms with Gasteiger partial charge in [0, 0.05) is 18.5 Å². The van der Waals surface area contributed by atoms with Crippen LogP contribution in [0.25, 0.3) is 0 Å². The first-order valence-corrected chi connectivity index (χ1v) is 9.74. The van der Waals surface area contributed by atoms with E-state index in [1.54, 1.807) is 0 Å². The van der Waals surface area contributed by atoms with Crippen molar-refractivity contribution in [2.75, 3.05) is 6.61 Å². The van der Waals surface area contributed by atoms with E-state index in [2.05, 4.69) is 12.2 Å². The predicted octanol–water partition coefficient (Wildman–Crippen LogP) is 3.60. The molecule has 0 bridgehead atoms. The molecule has 1 N–H and O–H groups in total. The van der Waals surface area contributed by atoms with Gasteiger partial charge in [-0.15, -0.1) is 0 Å². The fourth-order valence-corrected chi connectivity index (χ4v) is 4.74. The van der Waals surface area contributed by atoms with Crippen LogP contribution in [0.15, 0.2) is 0 Å². The summed E-state index contributed by atoms with van der Waals surface area (Å²) in [7, 11) is 0. The zero-order valence-electron chi connectivity index (χ0n) is 16.5. The van der Waals surface area contributed by atoms with Crippen molar-refractivity contribution in [3.8, 4) is 0 Å². The maximum absolute atomic E-state index is 12.2. The Bertz CT molecular complexity index is 485. The number of piperidine rings is 1. The molecule has 0 radical (unpaired) electrons. The Hall–Kier alpha value is -1.10. The Morgan fingerprint density at radius 3 is 2.44 bits per heavy atom. The highest BCUT2D eigenvalue weighted by atomic mass is 16.6. The van der Waals surface area contributed by atoms with E-state index in [0.717, 1.165) is 32.1 Å². The molecule has 2 fully saturated rings. The Morgan fingerprint density at radius 1 is 1.20 bits per heavy atom. The molecule has 5 nitrogen and oxygen atoms in total. The van der Waals surface area contributed by atoms with Crippen LogP contribution in [0.3, 0.4) is 0 Å². The molecule has 1 saturated carbocycles. The third-order valence-corrected chi connectivity index (χ3v) is 5.58. The third kappa shape index (κ3) is 5.70. The normalized spacial score (nSPS) is 30.9. The van der Waals surface area contributed by atoms with Gasteiger partial charge in [-0.25, -0.2) is 0 Å². The average molecular weight is 354 g/mol. The van der Waals surface area contributed by atoms with Gasteiger partial charge in [0.2, 0.25) is 0 Å². The Balaban J connectivity index is 1.97. The highest BCUT2D eigenvalue weighted by molar-refractivity contribution is 5.70. The molecule has 144 valence electrons. The van der Waals surface area contributed by atoms with Crippen molar-refractivity contribution >= 4 is 11.9 Å². The molecular formula is C20H35NO4. The predicted molar refractivity (Wildman–Crippen MR) is 97.1 cm³/mol. The van der Waals surface area contributed by atoms with Crippen LogP contribution < -0.4 is 5.32 Å². The molecule has 0 aromatic rings. The second-order valence-corrected chi connectivity index (χ2v) is 8.96. The molecule has 4 atom stereocenters. The highest BCUT2D eigenvalue weighted by Crippen LogP contribution is 2.46. The van der Waals surface area contributed by atoms with Gasteiger partial charge in [-0.05, 0) is 58.3 Å². The average Bonchev–Trinajstić information content (AvgIpc) is 2.85. The van der Waals surface area contributed by atoms with E-state index in [4.69, 9.17) is 9.47 Å². The van der Waals surface area contributed by atoms with Crippen LogP contribution in [0.5, 0.6) is 0 Å². The van der Waals surface area contributed by atoms with E-state index in [1.165, 1.54) is 13.3 Å². The van der Waals surface area contributed by atoms with E-state index in [0.29, 0.717) is 24.9 Å². The van der Waals surface area contributed by atoms with E-state index in [1.807, 2.05) is 20.8 Å². The number of ether oxygens (including phenoxy) is 2. The van der Waals surface area contributed by atoms with Crippen molar-refractivity contribution in [3.05, 3.63) is 0 Å². The van der Waals surface area contributed by atoms with Crippen molar-refractivity contribution in [2.24, 2.45) is 11.8 Å². The van der Waals surface area contributed by atoms with Crippen LogP contribution in [0.1, 0.15) is 79.6 Å². The van der Waals surface area contributed by atoms with Gasteiger partial charge in [0.15, 0.2) is 0 Å². The molecule has 2 rings (SSSR count).